The summed E-state index contributed by atoms with van der Waals surface area (Å²) >= 11 is 0. The second kappa shape index (κ2) is 7.18. The first kappa shape index (κ1) is 16.7. The fourth-order valence-corrected chi connectivity index (χ4v) is 2.91. The van der Waals surface area contributed by atoms with Crippen molar-refractivity contribution in [2.24, 2.45) is 5.73 Å². The van der Waals surface area contributed by atoms with Crippen molar-refractivity contribution < 1.29 is 9.47 Å². The smallest absolute Gasteiger partial charge is 0.205 e. The average Bonchev–Trinajstić information content (AvgIpc) is 2.61. The van der Waals surface area contributed by atoms with Crippen LogP contribution >= 0.6 is 0 Å². The molecule has 25 heavy (non-hydrogen) atoms. The van der Waals surface area contributed by atoms with E-state index >= 15 is 0 Å². The summed E-state index contributed by atoms with van der Waals surface area (Å²) in [6.45, 7) is 2.83. The van der Waals surface area contributed by atoms with Gasteiger partial charge in [0.15, 0.2) is 0 Å². The van der Waals surface area contributed by atoms with E-state index in [0.29, 0.717) is 23.6 Å². The topological polar surface area (TPSA) is 94.3 Å². The summed E-state index contributed by atoms with van der Waals surface area (Å²) in [6.07, 6.45) is 2.12. The number of nitriles is 1. The van der Waals surface area contributed by atoms with Gasteiger partial charge in [-0.05, 0) is 30.2 Å². The van der Waals surface area contributed by atoms with E-state index in [0.717, 1.165) is 29.7 Å². The molecule has 1 atom stereocenters. The van der Waals surface area contributed by atoms with Crippen molar-refractivity contribution in [2.75, 3.05) is 12.3 Å². The standard InChI is InChI=1S/C20H21N3O2/c1-2-3-10-24-15-7-4-13(5-8-15)19-16-9-6-14(22)11-18(16)25-20(23)17(19)12-21/h4-9,11,19H,2-3,10,22-23H2,1H3. The summed E-state index contributed by atoms with van der Waals surface area (Å²) in [5.74, 6) is 1.25. The van der Waals surface area contributed by atoms with Crippen LogP contribution in [0.2, 0.25) is 0 Å². The quantitative estimate of drug-likeness (QED) is 0.642. The van der Waals surface area contributed by atoms with Crippen LogP contribution in [-0.2, 0) is 0 Å². The number of allylic oxidation sites excluding steroid dienone is 1. The molecule has 0 spiro atoms. The lowest BCUT2D eigenvalue weighted by Crippen LogP contribution is -2.21. The van der Waals surface area contributed by atoms with Crippen molar-refractivity contribution in [2.45, 2.75) is 25.7 Å². The van der Waals surface area contributed by atoms with Gasteiger partial charge in [-0.1, -0.05) is 31.5 Å². The molecule has 1 unspecified atom stereocenters. The average molecular weight is 335 g/mol. The highest BCUT2D eigenvalue weighted by Crippen LogP contribution is 2.42. The van der Waals surface area contributed by atoms with Crippen LogP contribution in [0.1, 0.15) is 36.8 Å². The van der Waals surface area contributed by atoms with Gasteiger partial charge in [0.1, 0.15) is 23.1 Å². The molecule has 1 heterocycles. The molecule has 0 saturated carbocycles. The predicted octanol–water partition coefficient (Wildman–Crippen LogP) is 3.67. The minimum atomic E-state index is -0.279. The van der Waals surface area contributed by atoms with E-state index in [1.165, 1.54) is 0 Å². The number of anilines is 1. The highest BCUT2D eigenvalue weighted by Gasteiger charge is 2.30. The number of nitrogens with two attached hydrogens (primary N) is 2. The fourth-order valence-electron chi connectivity index (χ4n) is 2.91. The van der Waals surface area contributed by atoms with Gasteiger partial charge in [0.25, 0.3) is 0 Å². The number of rotatable bonds is 5. The molecule has 1 aliphatic rings. The van der Waals surface area contributed by atoms with Crippen molar-refractivity contribution in [3.63, 3.8) is 0 Å². The van der Waals surface area contributed by atoms with Crippen molar-refractivity contribution in [1.29, 1.82) is 5.26 Å². The molecule has 128 valence electrons. The third-order valence-corrected chi connectivity index (χ3v) is 4.22. The Morgan fingerprint density at radius 1 is 1.16 bits per heavy atom. The van der Waals surface area contributed by atoms with Crippen LogP contribution in [0.3, 0.4) is 0 Å². The molecule has 2 aromatic rings. The number of ether oxygens (including phenoxy) is 2. The lowest BCUT2D eigenvalue weighted by Gasteiger charge is -2.26. The summed E-state index contributed by atoms with van der Waals surface area (Å²) < 4.78 is 11.3. The zero-order chi connectivity index (χ0) is 17.8. The Morgan fingerprint density at radius 3 is 2.60 bits per heavy atom. The van der Waals surface area contributed by atoms with E-state index < -0.39 is 0 Å². The van der Waals surface area contributed by atoms with Gasteiger partial charge in [-0.2, -0.15) is 5.26 Å². The second-order valence-corrected chi connectivity index (χ2v) is 5.99. The van der Waals surface area contributed by atoms with Gasteiger partial charge < -0.3 is 20.9 Å². The van der Waals surface area contributed by atoms with E-state index in [-0.39, 0.29) is 11.8 Å². The Bertz CT molecular complexity index is 835. The lowest BCUT2D eigenvalue weighted by atomic mass is 9.83. The van der Waals surface area contributed by atoms with Crippen LogP contribution < -0.4 is 20.9 Å². The maximum atomic E-state index is 9.55. The number of hydrogen-bond acceptors (Lipinski definition) is 5. The Kier molecular flexibility index (Phi) is 4.80. The number of hydrogen-bond donors (Lipinski definition) is 2. The Balaban J connectivity index is 1.96. The molecule has 0 amide bonds. The third kappa shape index (κ3) is 3.38. The van der Waals surface area contributed by atoms with Crippen LogP contribution in [0, 0.1) is 11.3 Å². The molecule has 0 aliphatic carbocycles. The van der Waals surface area contributed by atoms with Gasteiger partial charge in [-0.25, -0.2) is 0 Å². The van der Waals surface area contributed by atoms with E-state index in [1.54, 1.807) is 12.1 Å². The monoisotopic (exact) mass is 335 g/mol. The highest BCUT2D eigenvalue weighted by molar-refractivity contribution is 5.59. The summed E-state index contributed by atoms with van der Waals surface area (Å²) in [7, 11) is 0. The third-order valence-electron chi connectivity index (χ3n) is 4.22. The second-order valence-electron chi connectivity index (χ2n) is 5.99. The van der Waals surface area contributed by atoms with Crippen LogP contribution in [-0.4, -0.2) is 6.61 Å². The summed E-state index contributed by atoms with van der Waals surface area (Å²) in [4.78, 5) is 0. The minimum Gasteiger partial charge on any atom is -0.494 e. The molecule has 2 aromatic carbocycles. The van der Waals surface area contributed by atoms with E-state index in [4.69, 9.17) is 20.9 Å². The molecule has 5 nitrogen and oxygen atoms in total. The minimum absolute atomic E-state index is 0.119. The molecule has 4 N–H and O–H groups in total. The van der Waals surface area contributed by atoms with Crippen molar-refractivity contribution in [3.8, 4) is 17.6 Å². The molecule has 0 bridgehead atoms. The van der Waals surface area contributed by atoms with Crippen molar-refractivity contribution in [3.05, 3.63) is 65.0 Å². The van der Waals surface area contributed by atoms with Crippen LogP contribution in [0.25, 0.3) is 0 Å². The van der Waals surface area contributed by atoms with Crippen LogP contribution in [0.4, 0.5) is 5.69 Å². The van der Waals surface area contributed by atoms with Gasteiger partial charge in [-0.15, -0.1) is 0 Å². The van der Waals surface area contributed by atoms with Crippen LogP contribution in [0.15, 0.2) is 53.9 Å². The Hall–Kier alpha value is -3.13. The van der Waals surface area contributed by atoms with Gasteiger partial charge >= 0.3 is 0 Å². The Morgan fingerprint density at radius 2 is 1.92 bits per heavy atom. The number of benzene rings is 2. The zero-order valence-corrected chi connectivity index (χ0v) is 14.2. The SMILES string of the molecule is CCCCOc1ccc(C2C(C#N)=C(N)Oc3cc(N)ccc32)cc1. The highest BCUT2D eigenvalue weighted by atomic mass is 16.5. The van der Waals surface area contributed by atoms with Crippen molar-refractivity contribution >= 4 is 5.69 Å². The van der Waals surface area contributed by atoms with E-state index in [1.807, 2.05) is 30.3 Å². The largest absolute Gasteiger partial charge is 0.494 e. The number of fused-ring (bicyclic) bond motifs is 1. The summed E-state index contributed by atoms with van der Waals surface area (Å²) in [6, 6.07) is 15.3. The molecule has 3 rings (SSSR count). The normalized spacial score (nSPS) is 15.9. The zero-order valence-electron chi connectivity index (χ0n) is 14.2. The van der Waals surface area contributed by atoms with E-state index in [2.05, 4.69) is 13.0 Å². The van der Waals surface area contributed by atoms with Crippen LogP contribution in [0.5, 0.6) is 11.5 Å². The van der Waals surface area contributed by atoms with Gasteiger partial charge in [0.2, 0.25) is 5.88 Å². The maximum absolute atomic E-state index is 9.55. The molecule has 0 radical (unpaired) electrons. The number of unbranched alkanes of at least 4 members (excludes halogenated alkanes) is 1. The lowest BCUT2D eigenvalue weighted by molar-refractivity contribution is 0.309. The molecular weight excluding hydrogens is 314 g/mol. The molecule has 0 aromatic heterocycles. The first-order chi connectivity index (χ1) is 12.1. The van der Waals surface area contributed by atoms with E-state index in [9.17, 15) is 5.26 Å². The first-order valence-electron chi connectivity index (χ1n) is 8.33. The van der Waals surface area contributed by atoms with Crippen molar-refractivity contribution in [1.82, 2.24) is 0 Å². The van der Waals surface area contributed by atoms with Gasteiger partial charge in [0, 0.05) is 17.3 Å². The fraction of sp³-hybridized carbons (Fsp3) is 0.250. The van der Waals surface area contributed by atoms with Gasteiger partial charge in [0.05, 0.1) is 12.5 Å². The predicted molar refractivity (Wildman–Crippen MR) is 97.0 cm³/mol. The first-order valence-corrected chi connectivity index (χ1v) is 8.33. The molecule has 0 fully saturated rings. The van der Waals surface area contributed by atoms with Gasteiger partial charge in [-0.3, -0.25) is 0 Å². The molecular formula is C20H21N3O2. The molecule has 5 heteroatoms. The molecule has 1 aliphatic heterocycles. The summed E-state index contributed by atoms with van der Waals surface area (Å²) in [5.41, 5.74) is 14.6. The Labute approximate surface area is 147 Å². The number of nitrogen functional groups attached to an aromatic ring is 1. The number of nitrogens with zero attached hydrogens (tertiary/aromatic N) is 1. The summed E-state index contributed by atoms with van der Waals surface area (Å²) in [5, 5.41) is 9.55. The molecule has 0 saturated heterocycles. The maximum Gasteiger partial charge on any atom is 0.205 e.